The summed E-state index contributed by atoms with van der Waals surface area (Å²) in [6.07, 6.45) is 4.87. The molecule has 190 valence electrons. The average molecular weight is 549 g/mol. The van der Waals surface area contributed by atoms with Crippen LogP contribution >= 0.6 is 34.4 Å². The number of benzene rings is 1. The highest BCUT2D eigenvalue weighted by atomic mass is 32.2. The van der Waals surface area contributed by atoms with E-state index in [1.54, 1.807) is 13.8 Å². The molecule has 4 rings (SSSR count). The maximum Gasteiger partial charge on any atom is 0.341 e. The van der Waals surface area contributed by atoms with Gasteiger partial charge in [-0.15, -0.1) is 21.5 Å². The normalized spacial score (nSPS) is 13.9. The van der Waals surface area contributed by atoms with Crippen molar-refractivity contribution in [3.63, 3.8) is 0 Å². The molecule has 0 aliphatic heterocycles. The molecule has 0 bridgehead atoms. The molecule has 8 nitrogen and oxygen atoms in total. The molecule has 12 heteroatoms. The van der Waals surface area contributed by atoms with Crippen LogP contribution in [0.5, 0.6) is 0 Å². The Hall–Kier alpha value is -2.83. The maximum absolute atomic E-state index is 13.4. The number of hydrogen-bond donors (Lipinski definition) is 2. The number of ether oxygens (including phenoxy) is 1. The van der Waals surface area contributed by atoms with Gasteiger partial charge < -0.3 is 10.1 Å². The number of thiophene rings is 1. The van der Waals surface area contributed by atoms with Crippen LogP contribution in [0.3, 0.4) is 0 Å². The minimum Gasteiger partial charge on any atom is -0.462 e. The van der Waals surface area contributed by atoms with E-state index >= 15 is 0 Å². The molecule has 1 unspecified atom stereocenters. The van der Waals surface area contributed by atoms with Crippen LogP contribution in [0.4, 0.5) is 14.5 Å². The largest absolute Gasteiger partial charge is 0.462 e. The molecular formula is C24H25FN4O4S3. The van der Waals surface area contributed by atoms with Crippen LogP contribution in [-0.2, 0) is 22.4 Å². The number of carbonyl (C=O) groups is 3. The smallest absolute Gasteiger partial charge is 0.341 e. The summed E-state index contributed by atoms with van der Waals surface area (Å²) in [4.78, 5) is 39.2. The van der Waals surface area contributed by atoms with Gasteiger partial charge in [0.05, 0.1) is 17.4 Å². The van der Waals surface area contributed by atoms with E-state index in [0.717, 1.165) is 59.9 Å². The van der Waals surface area contributed by atoms with Gasteiger partial charge in [-0.3, -0.25) is 14.9 Å². The monoisotopic (exact) mass is 548 g/mol. The first-order valence-corrected chi connectivity index (χ1v) is 14.1. The van der Waals surface area contributed by atoms with Gasteiger partial charge in [-0.2, -0.15) is 0 Å². The fourth-order valence-electron chi connectivity index (χ4n) is 3.78. The Labute approximate surface area is 220 Å². The van der Waals surface area contributed by atoms with E-state index in [1.165, 1.54) is 41.3 Å². The van der Waals surface area contributed by atoms with Gasteiger partial charge in [0.25, 0.3) is 5.91 Å². The molecule has 2 amide bonds. The fraction of sp³-hybridized carbons (Fsp3) is 0.375. The number of aryl methyl sites for hydroxylation is 1. The number of fused-ring (bicyclic) bond motifs is 1. The minimum absolute atomic E-state index is 0.166. The first-order chi connectivity index (χ1) is 17.4. The van der Waals surface area contributed by atoms with Crippen LogP contribution in [0.25, 0.3) is 0 Å². The Morgan fingerprint density at radius 3 is 2.72 bits per heavy atom. The van der Waals surface area contributed by atoms with Crippen molar-refractivity contribution in [1.82, 2.24) is 10.2 Å². The summed E-state index contributed by atoms with van der Waals surface area (Å²) in [6, 6.07) is 5.33. The number of thioether (sulfide) groups is 1. The predicted octanol–water partition coefficient (Wildman–Crippen LogP) is 5.56. The highest BCUT2D eigenvalue weighted by Gasteiger charge is 2.28. The summed E-state index contributed by atoms with van der Waals surface area (Å²) in [5.41, 5.74) is 1.64. The minimum atomic E-state index is -0.540. The van der Waals surface area contributed by atoms with Crippen molar-refractivity contribution in [2.45, 2.75) is 55.5 Å². The molecule has 0 radical (unpaired) electrons. The average Bonchev–Trinajstić information content (AvgIpc) is 3.35. The van der Waals surface area contributed by atoms with E-state index in [-0.39, 0.29) is 23.2 Å². The molecule has 2 N–H and O–H groups in total. The lowest BCUT2D eigenvalue weighted by atomic mass is 10.1. The van der Waals surface area contributed by atoms with Crippen LogP contribution in [-0.4, -0.2) is 39.8 Å². The van der Waals surface area contributed by atoms with Crippen LogP contribution in [0, 0.1) is 5.82 Å². The van der Waals surface area contributed by atoms with Crippen LogP contribution in [0.2, 0.25) is 0 Å². The Bertz CT molecular complexity index is 1280. The quantitative estimate of drug-likeness (QED) is 0.164. The fourth-order valence-corrected chi connectivity index (χ4v) is 6.95. The van der Waals surface area contributed by atoms with Gasteiger partial charge in [-0.1, -0.05) is 35.6 Å². The third-order valence-electron chi connectivity index (χ3n) is 5.50. The van der Waals surface area contributed by atoms with Crippen molar-refractivity contribution in [1.29, 1.82) is 0 Å². The predicted molar refractivity (Wildman–Crippen MR) is 140 cm³/mol. The number of esters is 1. The Morgan fingerprint density at radius 2 is 1.94 bits per heavy atom. The summed E-state index contributed by atoms with van der Waals surface area (Å²) < 4.78 is 19.1. The molecule has 0 saturated carbocycles. The second-order valence-corrected chi connectivity index (χ2v) is 11.7. The molecule has 1 atom stereocenters. The SMILES string of the molecule is CCOC(=O)c1c(NC(=O)C(C)Sc2nnc(NC(=O)c3cccc(F)c3)s2)sc2c1CCCCC2. The van der Waals surface area contributed by atoms with Crippen LogP contribution < -0.4 is 10.6 Å². The molecule has 0 saturated heterocycles. The summed E-state index contributed by atoms with van der Waals surface area (Å²) >= 11 is 3.75. The Kier molecular flexibility index (Phi) is 8.70. The van der Waals surface area contributed by atoms with Gasteiger partial charge in [-0.25, -0.2) is 9.18 Å². The van der Waals surface area contributed by atoms with Gasteiger partial charge in [-0.05, 0) is 63.3 Å². The lowest BCUT2D eigenvalue weighted by Crippen LogP contribution is -2.23. The zero-order chi connectivity index (χ0) is 25.7. The second-order valence-electron chi connectivity index (χ2n) is 8.08. The molecule has 1 aliphatic rings. The molecule has 3 aromatic rings. The first-order valence-electron chi connectivity index (χ1n) is 11.5. The molecular weight excluding hydrogens is 523 g/mol. The molecule has 2 heterocycles. The summed E-state index contributed by atoms with van der Waals surface area (Å²) in [5.74, 6) is -1.70. The highest BCUT2D eigenvalue weighted by molar-refractivity contribution is 8.02. The number of carbonyl (C=O) groups excluding carboxylic acids is 3. The van der Waals surface area contributed by atoms with E-state index in [1.807, 2.05) is 0 Å². The third-order valence-corrected chi connectivity index (χ3v) is 8.73. The topological polar surface area (TPSA) is 110 Å². The van der Waals surface area contributed by atoms with Crippen molar-refractivity contribution >= 4 is 62.4 Å². The standard InChI is InChI=1S/C24H25FN4O4S3/c1-3-33-22(32)18-16-10-5-4-6-11-17(16)35-21(18)26-19(30)13(2)34-24-29-28-23(36-24)27-20(31)14-8-7-9-15(25)12-14/h7-9,12-13H,3-6,10-11H2,1-2H3,(H,26,30)(H,27,28,31). The van der Waals surface area contributed by atoms with E-state index in [2.05, 4.69) is 20.8 Å². The van der Waals surface area contributed by atoms with E-state index in [9.17, 15) is 18.8 Å². The summed E-state index contributed by atoms with van der Waals surface area (Å²) in [6.45, 7) is 3.75. The first kappa shape index (κ1) is 26.2. The molecule has 0 spiro atoms. The number of amides is 2. The number of anilines is 2. The van der Waals surface area contributed by atoms with Crippen molar-refractivity contribution < 1.29 is 23.5 Å². The summed E-state index contributed by atoms with van der Waals surface area (Å²) in [7, 11) is 0. The Morgan fingerprint density at radius 1 is 1.14 bits per heavy atom. The number of aromatic nitrogens is 2. The van der Waals surface area contributed by atoms with Gasteiger partial charge in [0.15, 0.2) is 4.34 Å². The van der Waals surface area contributed by atoms with E-state index in [4.69, 9.17) is 4.74 Å². The van der Waals surface area contributed by atoms with Gasteiger partial charge in [0.1, 0.15) is 10.8 Å². The number of hydrogen-bond acceptors (Lipinski definition) is 9. The number of nitrogens with one attached hydrogen (secondary N) is 2. The highest BCUT2D eigenvalue weighted by Crippen LogP contribution is 2.39. The van der Waals surface area contributed by atoms with Gasteiger partial charge in [0.2, 0.25) is 11.0 Å². The molecule has 36 heavy (non-hydrogen) atoms. The molecule has 1 aromatic carbocycles. The lowest BCUT2D eigenvalue weighted by Gasteiger charge is -2.11. The van der Waals surface area contributed by atoms with E-state index in [0.29, 0.717) is 14.9 Å². The van der Waals surface area contributed by atoms with Crippen LogP contribution in [0.1, 0.15) is 64.3 Å². The van der Waals surface area contributed by atoms with Crippen molar-refractivity contribution in [3.8, 4) is 0 Å². The molecule has 1 aliphatic carbocycles. The van der Waals surface area contributed by atoms with Gasteiger partial charge >= 0.3 is 5.97 Å². The molecule has 2 aromatic heterocycles. The maximum atomic E-state index is 13.4. The van der Waals surface area contributed by atoms with Crippen molar-refractivity contribution in [2.75, 3.05) is 17.2 Å². The molecule has 0 fully saturated rings. The van der Waals surface area contributed by atoms with Crippen molar-refractivity contribution in [3.05, 3.63) is 51.7 Å². The third kappa shape index (κ3) is 6.29. The van der Waals surface area contributed by atoms with Crippen LogP contribution in [0.15, 0.2) is 28.6 Å². The number of halogens is 1. The van der Waals surface area contributed by atoms with Crippen molar-refractivity contribution in [2.24, 2.45) is 0 Å². The summed E-state index contributed by atoms with van der Waals surface area (Å²) in [5, 5.41) is 13.7. The number of nitrogens with zero attached hydrogens (tertiary/aromatic N) is 2. The Balaban J connectivity index is 1.42. The van der Waals surface area contributed by atoms with Gasteiger partial charge in [0, 0.05) is 10.4 Å². The zero-order valence-corrected chi connectivity index (χ0v) is 22.2. The zero-order valence-electron chi connectivity index (χ0n) is 19.8. The lowest BCUT2D eigenvalue weighted by molar-refractivity contribution is -0.115. The number of rotatable bonds is 8. The second kappa shape index (κ2) is 11.9. The van der Waals surface area contributed by atoms with E-state index < -0.39 is 22.9 Å².